The van der Waals surface area contributed by atoms with Crippen molar-refractivity contribution in [1.29, 1.82) is 0 Å². The first-order valence-corrected chi connectivity index (χ1v) is 7.35. The summed E-state index contributed by atoms with van der Waals surface area (Å²) >= 11 is 1.56. The molecule has 2 rings (SSSR count). The van der Waals surface area contributed by atoms with Crippen LogP contribution in [0.4, 0.5) is 0 Å². The molecular weight excluding hydrogens is 262 g/mol. The van der Waals surface area contributed by atoms with Crippen LogP contribution in [-0.4, -0.2) is 34.0 Å². The van der Waals surface area contributed by atoms with Crippen molar-refractivity contribution in [2.45, 2.75) is 25.3 Å². The Morgan fingerprint density at radius 1 is 1.37 bits per heavy atom. The quantitative estimate of drug-likeness (QED) is 0.879. The van der Waals surface area contributed by atoms with Gasteiger partial charge in [-0.25, -0.2) is 4.79 Å². The van der Waals surface area contributed by atoms with E-state index in [4.69, 9.17) is 0 Å². The number of carboxylic acids is 1. The molecule has 1 aliphatic rings. The average molecular weight is 279 g/mol. The van der Waals surface area contributed by atoms with Gasteiger partial charge in [0.15, 0.2) is 0 Å². The number of carboxylic acid groups (broad SMARTS) is 1. The second kappa shape index (κ2) is 5.65. The molecule has 1 saturated heterocycles. The minimum absolute atomic E-state index is 0.222. The van der Waals surface area contributed by atoms with Crippen LogP contribution in [0.25, 0.3) is 0 Å². The third-order valence-electron chi connectivity index (χ3n) is 3.30. The zero-order chi connectivity index (χ0) is 13.9. The lowest BCUT2D eigenvalue weighted by atomic mass is 9.98. The van der Waals surface area contributed by atoms with Crippen molar-refractivity contribution in [2.24, 2.45) is 0 Å². The first-order valence-electron chi connectivity index (χ1n) is 6.19. The van der Waals surface area contributed by atoms with Gasteiger partial charge < -0.3 is 10.4 Å². The Hall–Kier alpha value is -1.49. The van der Waals surface area contributed by atoms with Gasteiger partial charge in [-0.1, -0.05) is 29.8 Å². The highest BCUT2D eigenvalue weighted by atomic mass is 32.2. The van der Waals surface area contributed by atoms with Crippen LogP contribution in [0.2, 0.25) is 0 Å². The fraction of sp³-hybridized carbons (Fsp3) is 0.429. The van der Waals surface area contributed by atoms with E-state index >= 15 is 0 Å². The first kappa shape index (κ1) is 13.9. The molecule has 0 unspecified atom stereocenters. The summed E-state index contributed by atoms with van der Waals surface area (Å²) in [6, 6.07) is 7.68. The normalized spacial score (nSPS) is 22.2. The molecule has 0 spiro atoms. The zero-order valence-electron chi connectivity index (χ0n) is 10.8. The van der Waals surface area contributed by atoms with Gasteiger partial charge in [0.05, 0.1) is 6.42 Å². The number of carbonyl (C=O) groups excluding carboxylic acids is 1. The SMILES string of the molecule is Cc1ccc(CC(=O)N[C@@]2(C(=O)O)CCSC2)cc1. The molecule has 1 amide bonds. The van der Waals surface area contributed by atoms with Gasteiger partial charge in [-0.3, -0.25) is 4.79 Å². The fourth-order valence-corrected chi connectivity index (χ4v) is 3.41. The van der Waals surface area contributed by atoms with Crippen molar-refractivity contribution in [3.05, 3.63) is 35.4 Å². The Morgan fingerprint density at radius 2 is 2.05 bits per heavy atom. The number of rotatable bonds is 4. The molecule has 4 nitrogen and oxygen atoms in total. The molecule has 0 saturated carbocycles. The predicted molar refractivity (Wildman–Crippen MR) is 75.3 cm³/mol. The van der Waals surface area contributed by atoms with Crippen LogP contribution in [0, 0.1) is 6.92 Å². The maximum absolute atomic E-state index is 12.0. The Balaban J connectivity index is 2.00. The van der Waals surface area contributed by atoms with Crippen LogP contribution in [0.3, 0.4) is 0 Å². The van der Waals surface area contributed by atoms with Crippen molar-refractivity contribution >= 4 is 23.6 Å². The highest BCUT2D eigenvalue weighted by Crippen LogP contribution is 2.28. The summed E-state index contributed by atoms with van der Waals surface area (Å²) in [5.74, 6) is 0.0579. The molecule has 19 heavy (non-hydrogen) atoms. The van der Waals surface area contributed by atoms with E-state index in [2.05, 4.69) is 5.32 Å². The van der Waals surface area contributed by atoms with E-state index in [1.165, 1.54) is 0 Å². The van der Waals surface area contributed by atoms with Crippen LogP contribution in [0.15, 0.2) is 24.3 Å². The summed E-state index contributed by atoms with van der Waals surface area (Å²) in [5.41, 5.74) is 0.958. The van der Waals surface area contributed by atoms with E-state index < -0.39 is 11.5 Å². The Labute approximate surface area is 116 Å². The zero-order valence-corrected chi connectivity index (χ0v) is 11.6. The van der Waals surface area contributed by atoms with Gasteiger partial charge in [-0.2, -0.15) is 11.8 Å². The molecule has 0 bridgehead atoms. The van der Waals surface area contributed by atoms with E-state index in [-0.39, 0.29) is 12.3 Å². The van der Waals surface area contributed by atoms with E-state index in [0.717, 1.165) is 16.9 Å². The first-order chi connectivity index (χ1) is 9.02. The highest BCUT2D eigenvalue weighted by molar-refractivity contribution is 7.99. The van der Waals surface area contributed by atoms with Gasteiger partial charge in [0.25, 0.3) is 0 Å². The molecular formula is C14H17NO3S. The van der Waals surface area contributed by atoms with Gasteiger partial charge in [-0.15, -0.1) is 0 Å². The van der Waals surface area contributed by atoms with E-state index in [9.17, 15) is 14.7 Å². The van der Waals surface area contributed by atoms with Crippen LogP contribution >= 0.6 is 11.8 Å². The third kappa shape index (κ3) is 3.29. The smallest absolute Gasteiger partial charge is 0.330 e. The van der Waals surface area contributed by atoms with Gasteiger partial charge in [0.1, 0.15) is 5.54 Å². The molecule has 0 aliphatic carbocycles. The molecule has 2 N–H and O–H groups in total. The van der Waals surface area contributed by atoms with Crippen molar-refractivity contribution in [1.82, 2.24) is 5.32 Å². The summed E-state index contributed by atoms with van der Waals surface area (Å²) in [7, 11) is 0. The van der Waals surface area contributed by atoms with Crippen LogP contribution in [0.5, 0.6) is 0 Å². The van der Waals surface area contributed by atoms with Gasteiger partial charge in [-0.05, 0) is 24.7 Å². The molecule has 1 fully saturated rings. The summed E-state index contributed by atoms with van der Waals surface area (Å²) in [6.45, 7) is 1.99. The highest BCUT2D eigenvalue weighted by Gasteiger charge is 2.43. The van der Waals surface area contributed by atoms with Crippen LogP contribution < -0.4 is 5.32 Å². The topological polar surface area (TPSA) is 66.4 Å². The van der Waals surface area contributed by atoms with Crippen LogP contribution in [0.1, 0.15) is 17.5 Å². The standard InChI is InChI=1S/C14H17NO3S/c1-10-2-4-11(5-3-10)8-12(16)15-14(13(17)18)6-7-19-9-14/h2-5H,6-9H2,1H3,(H,15,16)(H,17,18)/t14-/m0/s1. The summed E-state index contributed by atoms with van der Waals surface area (Å²) in [6.07, 6.45) is 0.715. The van der Waals surface area contributed by atoms with Crippen molar-refractivity contribution < 1.29 is 14.7 Å². The minimum Gasteiger partial charge on any atom is -0.479 e. The molecule has 0 aromatic heterocycles. The maximum atomic E-state index is 12.0. The molecule has 1 heterocycles. The Kier molecular flexibility index (Phi) is 4.14. The number of aryl methyl sites for hydroxylation is 1. The maximum Gasteiger partial charge on any atom is 0.330 e. The Morgan fingerprint density at radius 3 is 2.58 bits per heavy atom. The second-order valence-electron chi connectivity index (χ2n) is 4.90. The number of aliphatic carboxylic acids is 1. The summed E-state index contributed by atoms with van der Waals surface area (Å²) in [4.78, 5) is 23.3. The minimum atomic E-state index is -1.08. The van der Waals surface area contributed by atoms with Crippen LogP contribution in [-0.2, 0) is 16.0 Å². The molecule has 5 heteroatoms. The van der Waals surface area contributed by atoms with Crippen molar-refractivity contribution in [3.63, 3.8) is 0 Å². The number of benzene rings is 1. The van der Waals surface area contributed by atoms with Gasteiger partial charge in [0, 0.05) is 5.75 Å². The number of hydrogen-bond acceptors (Lipinski definition) is 3. The number of thioether (sulfide) groups is 1. The largest absolute Gasteiger partial charge is 0.479 e. The molecule has 1 aromatic rings. The van der Waals surface area contributed by atoms with E-state index in [1.54, 1.807) is 11.8 Å². The molecule has 102 valence electrons. The van der Waals surface area contributed by atoms with E-state index in [1.807, 2.05) is 31.2 Å². The number of carbonyl (C=O) groups is 2. The van der Waals surface area contributed by atoms with Crippen molar-refractivity contribution in [3.8, 4) is 0 Å². The predicted octanol–water partition coefficient (Wildman–Crippen LogP) is 1.61. The third-order valence-corrected chi connectivity index (χ3v) is 4.48. The molecule has 1 aromatic carbocycles. The Bertz CT molecular complexity index is 478. The summed E-state index contributed by atoms with van der Waals surface area (Å²) in [5, 5.41) is 12.0. The number of hydrogen-bond donors (Lipinski definition) is 2. The fourth-order valence-electron chi connectivity index (χ4n) is 2.09. The lowest BCUT2D eigenvalue weighted by Crippen LogP contribution is -2.55. The average Bonchev–Trinajstić information content (AvgIpc) is 2.82. The van der Waals surface area contributed by atoms with E-state index in [0.29, 0.717) is 12.2 Å². The number of amides is 1. The molecule has 1 atom stereocenters. The monoisotopic (exact) mass is 279 g/mol. The van der Waals surface area contributed by atoms with Gasteiger partial charge >= 0.3 is 5.97 Å². The van der Waals surface area contributed by atoms with Gasteiger partial charge in [0.2, 0.25) is 5.91 Å². The van der Waals surface area contributed by atoms with Crippen molar-refractivity contribution in [2.75, 3.05) is 11.5 Å². The number of nitrogens with one attached hydrogen (secondary N) is 1. The second-order valence-corrected chi connectivity index (χ2v) is 6.01. The summed E-state index contributed by atoms with van der Waals surface area (Å²) < 4.78 is 0. The molecule has 0 radical (unpaired) electrons. The lowest BCUT2D eigenvalue weighted by Gasteiger charge is -2.24. The lowest BCUT2D eigenvalue weighted by molar-refractivity contribution is -0.146. The molecule has 1 aliphatic heterocycles.